The van der Waals surface area contributed by atoms with Crippen molar-refractivity contribution in [3.8, 4) is 22.4 Å². The Bertz CT molecular complexity index is 2060. The van der Waals surface area contributed by atoms with Crippen LogP contribution in [0.3, 0.4) is 0 Å². The number of aryl methyl sites for hydroxylation is 1. The summed E-state index contributed by atoms with van der Waals surface area (Å²) in [5.74, 6) is -3.09. The fourth-order valence-corrected chi connectivity index (χ4v) is 7.56. The summed E-state index contributed by atoms with van der Waals surface area (Å²) in [4.78, 5) is 47.2. The molecule has 0 saturated carbocycles. The highest BCUT2D eigenvalue weighted by atomic mass is 35.5. The second-order valence-electron chi connectivity index (χ2n) is 14.0. The van der Waals surface area contributed by atoms with Gasteiger partial charge in [-0.3, -0.25) is 19.1 Å². The Morgan fingerprint density at radius 2 is 1.74 bits per heavy atom. The largest absolute Gasteiger partial charge is 0.387 e. The Labute approximate surface area is 311 Å². The highest BCUT2D eigenvalue weighted by molar-refractivity contribution is 6.34. The van der Waals surface area contributed by atoms with Crippen LogP contribution in [-0.4, -0.2) is 129 Å². The van der Waals surface area contributed by atoms with Crippen LogP contribution >= 0.6 is 11.6 Å². The second-order valence-corrected chi connectivity index (χ2v) is 14.4. The van der Waals surface area contributed by atoms with Crippen molar-refractivity contribution >= 4 is 35.0 Å². The zero-order valence-electron chi connectivity index (χ0n) is 30.5. The van der Waals surface area contributed by atoms with Gasteiger partial charge in [0.05, 0.1) is 54.9 Å². The van der Waals surface area contributed by atoms with Gasteiger partial charge in [0.2, 0.25) is 0 Å². The summed E-state index contributed by atoms with van der Waals surface area (Å²) < 4.78 is 40.0. The molecule has 2 fully saturated rings. The fourth-order valence-electron chi connectivity index (χ4n) is 7.30. The Morgan fingerprint density at radius 1 is 1.06 bits per heavy atom. The average molecular weight is 754 g/mol. The summed E-state index contributed by atoms with van der Waals surface area (Å²) in [6.07, 6.45) is 1.60. The number of aromatic nitrogens is 4. The Morgan fingerprint density at radius 3 is 2.40 bits per heavy atom. The molecule has 2 aliphatic rings. The van der Waals surface area contributed by atoms with Crippen molar-refractivity contribution in [2.75, 3.05) is 71.9 Å². The van der Waals surface area contributed by atoms with Gasteiger partial charge >= 0.3 is 0 Å². The van der Waals surface area contributed by atoms with E-state index in [0.29, 0.717) is 86.0 Å². The number of hydrogen-bond donors (Lipinski definition) is 2. The number of benzene rings is 2. The number of halogens is 3. The van der Waals surface area contributed by atoms with E-state index in [1.54, 1.807) is 41.5 Å². The quantitative estimate of drug-likeness (QED) is 0.235. The van der Waals surface area contributed by atoms with Gasteiger partial charge in [0.1, 0.15) is 12.6 Å². The molecule has 2 N–H and O–H groups in total. The van der Waals surface area contributed by atoms with E-state index in [2.05, 4.69) is 15.4 Å². The van der Waals surface area contributed by atoms with Crippen LogP contribution in [0.15, 0.2) is 36.5 Å². The van der Waals surface area contributed by atoms with Crippen molar-refractivity contribution in [2.45, 2.75) is 32.9 Å². The van der Waals surface area contributed by atoms with E-state index in [1.165, 1.54) is 42.1 Å². The van der Waals surface area contributed by atoms with Gasteiger partial charge in [-0.05, 0) is 38.1 Å². The van der Waals surface area contributed by atoms with Crippen molar-refractivity contribution in [1.29, 1.82) is 0 Å². The number of aliphatic hydroxyl groups excluding tert-OH is 1. The Balaban J connectivity index is 1.10. The summed E-state index contributed by atoms with van der Waals surface area (Å²) in [7, 11) is 5.08. The highest BCUT2D eigenvalue weighted by Gasteiger charge is 2.37. The maximum absolute atomic E-state index is 15.6. The van der Waals surface area contributed by atoms with Crippen LogP contribution in [0.2, 0.25) is 5.02 Å². The van der Waals surface area contributed by atoms with Crippen LogP contribution in [-0.2, 0) is 23.1 Å². The van der Waals surface area contributed by atoms with Gasteiger partial charge in [-0.2, -0.15) is 5.10 Å². The first-order valence-corrected chi connectivity index (χ1v) is 17.8. The van der Waals surface area contributed by atoms with E-state index in [-0.39, 0.29) is 51.1 Å². The van der Waals surface area contributed by atoms with Crippen molar-refractivity contribution < 1.29 is 37.5 Å². The van der Waals surface area contributed by atoms with Crippen molar-refractivity contribution in [2.24, 2.45) is 7.05 Å². The van der Waals surface area contributed by atoms with E-state index in [9.17, 15) is 19.5 Å². The van der Waals surface area contributed by atoms with Gasteiger partial charge in [0, 0.05) is 74.8 Å². The number of ether oxygens (including phenoxy) is 1. The SMILES string of the molecule is COCCn1nc(C)c(-c2ccc(-c3cnc(C(=O)Nc4ccc(C(=O)N5CCN(C(=O)C[N+]6(C)CCC(O)C6)CC5)c(Cl)c4)n3C)c(F)c2F)c1C. The highest BCUT2D eigenvalue weighted by Crippen LogP contribution is 2.35. The standard InChI is InChI=1S/C37H43ClF2N8O5/c1-22-32(23(2)47(43-22)15-17-53-5)28-9-8-27(33(39)34(28)40)30-19-41-35(44(30)3)36(51)42-24-6-7-26(29(38)18-24)37(52)46-13-11-45(12-14-46)31(50)21-48(4)16-10-25(49)20-48/h6-9,18-19,25,49H,10-17,20-21H2,1-5H3/p+1. The Kier molecular flexibility index (Phi) is 11.0. The summed E-state index contributed by atoms with van der Waals surface area (Å²) in [5.41, 5.74) is 2.49. The molecule has 0 aliphatic carbocycles. The van der Waals surface area contributed by atoms with E-state index >= 15 is 8.78 Å². The summed E-state index contributed by atoms with van der Waals surface area (Å²) >= 11 is 6.53. The maximum Gasteiger partial charge on any atom is 0.291 e. The third-order valence-corrected chi connectivity index (χ3v) is 10.6. The zero-order chi connectivity index (χ0) is 38.2. The van der Waals surface area contributed by atoms with E-state index in [4.69, 9.17) is 16.3 Å². The first-order chi connectivity index (χ1) is 25.2. The Hall–Kier alpha value is -4.70. The van der Waals surface area contributed by atoms with E-state index in [1.807, 2.05) is 7.05 Å². The third-order valence-electron chi connectivity index (χ3n) is 10.3. The van der Waals surface area contributed by atoms with Gasteiger partial charge in [0.25, 0.3) is 17.7 Å². The van der Waals surface area contributed by atoms with Crippen LogP contribution in [0.25, 0.3) is 22.4 Å². The fraction of sp³-hybridized carbons (Fsp3) is 0.432. The lowest BCUT2D eigenvalue weighted by atomic mass is 10.00. The smallest absolute Gasteiger partial charge is 0.291 e. The van der Waals surface area contributed by atoms with Crippen LogP contribution in [0.5, 0.6) is 0 Å². The van der Waals surface area contributed by atoms with Gasteiger partial charge in [-0.15, -0.1) is 0 Å². The molecule has 53 heavy (non-hydrogen) atoms. The topological polar surface area (TPSA) is 135 Å². The number of likely N-dealkylation sites (tertiary alicyclic amines) is 1. The van der Waals surface area contributed by atoms with Gasteiger partial charge in [-0.25, -0.2) is 13.8 Å². The molecule has 2 saturated heterocycles. The number of methoxy groups -OCH3 is 1. The lowest BCUT2D eigenvalue weighted by Gasteiger charge is -2.37. The van der Waals surface area contributed by atoms with Crippen molar-refractivity contribution in [1.82, 2.24) is 29.1 Å². The summed E-state index contributed by atoms with van der Waals surface area (Å²) in [5, 5.41) is 17.2. The molecular formula is C37H44ClF2N8O5+. The maximum atomic E-state index is 15.6. The second kappa shape index (κ2) is 15.3. The number of quaternary nitrogens is 1. The molecule has 2 aromatic heterocycles. The number of aliphatic hydroxyl groups is 1. The molecule has 16 heteroatoms. The number of piperazine rings is 1. The van der Waals surface area contributed by atoms with Crippen molar-refractivity contribution in [3.63, 3.8) is 0 Å². The number of nitrogens with one attached hydrogen (secondary N) is 1. The number of carbonyl (C=O) groups excluding carboxylic acids is 3. The molecule has 0 radical (unpaired) electrons. The minimum atomic E-state index is -1.08. The number of rotatable bonds is 10. The van der Waals surface area contributed by atoms with Crippen molar-refractivity contribution in [3.05, 3.63) is 76.0 Å². The van der Waals surface area contributed by atoms with Crippen LogP contribution in [0, 0.1) is 25.5 Å². The predicted octanol–water partition coefficient (Wildman–Crippen LogP) is 3.89. The molecule has 6 rings (SSSR count). The normalized spacial score (nSPS) is 18.8. The third kappa shape index (κ3) is 7.70. The van der Waals surface area contributed by atoms with Gasteiger partial charge in [0.15, 0.2) is 24.0 Å². The molecule has 4 heterocycles. The number of anilines is 1. The minimum absolute atomic E-state index is 0.00506. The number of carbonyl (C=O) groups is 3. The number of imidazole rings is 1. The molecule has 2 aromatic carbocycles. The summed E-state index contributed by atoms with van der Waals surface area (Å²) in [6, 6.07) is 7.47. The van der Waals surface area contributed by atoms with Crippen LogP contribution < -0.4 is 5.32 Å². The zero-order valence-corrected chi connectivity index (χ0v) is 31.2. The summed E-state index contributed by atoms with van der Waals surface area (Å²) in [6.45, 7) is 7.52. The predicted molar refractivity (Wildman–Crippen MR) is 194 cm³/mol. The lowest BCUT2D eigenvalue weighted by Crippen LogP contribution is -2.55. The molecular weight excluding hydrogens is 710 g/mol. The average Bonchev–Trinajstić information content (AvgIpc) is 3.77. The monoisotopic (exact) mass is 753 g/mol. The van der Waals surface area contributed by atoms with Gasteiger partial charge < -0.3 is 34.0 Å². The number of nitrogens with zero attached hydrogens (tertiary/aromatic N) is 7. The number of likely N-dealkylation sites (N-methyl/N-ethyl adjacent to an activating group) is 1. The molecule has 2 atom stereocenters. The number of amides is 3. The molecule has 4 aromatic rings. The minimum Gasteiger partial charge on any atom is -0.387 e. The molecule has 2 aliphatic heterocycles. The first-order valence-electron chi connectivity index (χ1n) is 17.4. The first kappa shape index (κ1) is 38.0. The molecule has 0 bridgehead atoms. The molecule has 3 amide bonds. The lowest BCUT2D eigenvalue weighted by molar-refractivity contribution is -0.891. The number of hydrogen-bond acceptors (Lipinski definition) is 7. The molecule has 13 nitrogen and oxygen atoms in total. The molecule has 0 spiro atoms. The van der Waals surface area contributed by atoms with Crippen LogP contribution in [0.1, 0.15) is 38.8 Å². The van der Waals surface area contributed by atoms with E-state index in [0.717, 1.165) is 6.54 Å². The van der Waals surface area contributed by atoms with E-state index < -0.39 is 17.5 Å². The van der Waals surface area contributed by atoms with Gasteiger partial charge in [-0.1, -0.05) is 17.7 Å². The molecule has 282 valence electrons. The van der Waals surface area contributed by atoms with Crippen LogP contribution in [0.4, 0.5) is 14.5 Å². The molecule has 2 unspecified atom stereocenters.